The first-order valence-electron chi connectivity index (χ1n) is 4.91. The zero-order valence-electron chi connectivity index (χ0n) is 8.49. The van der Waals surface area contributed by atoms with Gasteiger partial charge in [0.25, 0.3) is 0 Å². The van der Waals surface area contributed by atoms with Crippen LogP contribution >= 0.6 is 11.8 Å². The van der Waals surface area contributed by atoms with Crippen LogP contribution in [0, 0.1) is 17.2 Å². The van der Waals surface area contributed by atoms with E-state index in [0.717, 1.165) is 11.8 Å². The van der Waals surface area contributed by atoms with Crippen molar-refractivity contribution in [3.05, 3.63) is 0 Å². The molecule has 13 heavy (non-hydrogen) atoms. The summed E-state index contributed by atoms with van der Waals surface area (Å²) < 4.78 is 0. The first-order chi connectivity index (χ1) is 6.26. The molecular weight excluding hydrogens is 180 g/mol. The van der Waals surface area contributed by atoms with Gasteiger partial charge in [-0.1, -0.05) is 0 Å². The maximum Gasteiger partial charge on any atom is 0.0666 e. The Morgan fingerprint density at radius 1 is 1.54 bits per heavy atom. The smallest absolute Gasteiger partial charge is 0.0666 e. The molecule has 74 valence electrons. The van der Waals surface area contributed by atoms with Crippen LogP contribution < -0.4 is 0 Å². The lowest BCUT2D eigenvalue weighted by molar-refractivity contribution is 0.218. The van der Waals surface area contributed by atoms with Crippen molar-refractivity contribution in [2.45, 2.75) is 25.0 Å². The van der Waals surface area contributed by atoms with Crippen LogP contribution in [0.2, 0.25) is 0 Å². The SMILES string of the molecule is CSC1CCN(CC(C)C#N)CC1. The summed E-state index contributed by atoms with van der Waals surface area (Å²) >= 11 is 1.98. The molecule has 1 aliphatic rings. The predicted octanol–water partition coefficient (Wildman–Crippen LogP) is 1.97. The topological polar surface area (TPSA) is 27.0 Å². The van der Waals surface area contributed by atoms with E-state index in [2.05, 4.69) is 17.2 Å². The van der Waals surface area contributed by atoms with Gasteiger partial charge in [-0.15, -0.1) is 0 Å². The molecule has 3 heteroatoms. The van der Waals surface area contributed by atoms with Crippen molar-refractivity contribution in [1.29, 1.82) is 5.26 Å². The van der Waals surface area contributed by atoms with Crippen LogP contribution in [0.1, 0.15) is 19.8 Å². The number of nitriles is 1. The summed E-state index contributed by atoms with van der Waals surface area (Å²) in [5.41, 5.74) is 0. The van der Waals surface area contributed by atoms with Gasteiger partial charge in [0.2, 0.25) is 0 Å². The molecule has 0 N–H and O–H groups in total. The Labute approximate surface area is 85.3 Å². The van der Waals surface area contributed by atoms with Gasteiger partial charge in [0.05, 0.1) is 12.0 Å². The van der Waals surface area contributed by atoms with Crippen molar-refractivity contribution in [2.75, 3.05) is 25.9 Å². The summed E-state index contributed by atoms with van der Waals surface area (Å²) in [7, 11) is 0. The Bertz CT molecular complexity index is 180. The van der Waals surface area contributed by atoms with Crippen molar-refractivity contribution in [1.82, 2.24) is 4.90 Å². The highest BCUT2D eigenvalue weighted by Crippen LogP contribution is 2.21. The molecular formula is C10H18N2S. The van der Waals surface area contributed by atoms with Gasteiger partial charge >= 0.3 is 0 Å². The van der Waals surface area contributed by atoms with Gasteiger partial charge in [0.1, 0.15) is 0 Å². The van der Waals surface area contributed by atoms with E-state index in [1.807, 2.05) is 18.7 Å². The molecule has 1 unspecified atom stereocenters. The minimum absolute atomic E-state index is 0.186. The molecule has 0 amide bonds. The fourth-order valence-electron chi connectivity index (χ4n) is 1.76. The number of thioether (sulfide) groups is 1. The van der Waals surface area contributed by atoms with E-state index in [1.54, 1.807) is 0 Å². The molecule has 2 nitrogen and oxygen atoms in total. The van der Waals surface area contributed by atoms with Crippen LogP contribution in [0.25, 0.3) is 0 Å². The molecule has 0 bridgehead atoms. The van der Waals surface area contributed by atoms with Crippen molar-refractivity contribution >= 4 is 11.8 Å². The van der Waals surface area contributed by atoms with Gasteiger partial charge < -0.3 is 4.90 Å². The highest BCUT2D eigenvalue weighted by atomic mass is 32.2. The number of hydrogen-bond donors (Lipinski definition) is 0. The fourth-order valence-corrected chi connectivity index (χ4v) is 2.44. The molecule has 0 radical (unpaired) electrons. The summed E-state index contributed by atoms with van der Waals surface area (Å²) in [5, 5.41) is 9.54. The van der Waals surface area contributed by atoms with Crippen LogP contribution in [0.15, 0.2) is 0 Å². The van der Waals surface area contributed by atoms with Gasteiger partial charge in [-0.2, -0.15) is 17.0 Å². The minimum atomic E-state index is 0.186. The third kappa shape index (κ3) is 3.58. The first kappa shape index (κ1) is 10.9. The van der Waals surface area contributed by atoms with E-state index < -0.39 is 0 Å². The van der Waals surface area contributed by atoms with Gasteiger partial charge in [-0.3, -0.25) is 0 Å². The zero-order chi connectivity index (χ0) is 9.68. The first-order valence-corrected chi connectivity index (χ1v) is 6.19. The Morgan fingerprint density at radius 2 is 2.15 bits per heavy atom. The molecule has 1 fully saturated rings. The van der Waals surface area contributed by atoms with Gasteiger partial charge in [-0.05, 0) is 39.1 Å². The number of piperidine rings is 1. The molecule has 1 saturated heterocycles. The van der Waals surface area contributed by atoms with Crippen molar-refractivity contribution in [2.24, 2.45) is 5.92 Å². The van der Waals surface area contributed by atoms with Crippen LogP contribution in [-0.4, -0.2) is 36.0 Å². The third-order valence-corrected chi connectivity index (χ3v) is 3.76. The van der Waals surface area contributed by atoms with Crippen molar-refractivity contribution in [3.8, 4) is 6.07 Å². The highest BCUT2D eigenvalue weighted by Gasteiger charge is 2.19. The van der Waals surface area contributed by atoms with E-state index >= 15 is 0 Å². The summed E-state index contributed by atoms with van der Waals surface area (Å²) in [6, 6.07) is 2.29. The van der Waals surface area contributed by atoms with E-state index in [1.165, 1.54) is 25.9 Å². The Hall–Kier alpha value is -0.200. The summed E-state index contributed by atoms with van der Waals surface area (Å²) in [6.45, 7) is 5.31. The average molecular weight is 198 g/mol. The molecule has 0 spiro atoms. The minimum Gasteiger partial charge on any atom is -0.302 e. The summed E-state index contributed by atoms with van der Waals surface area (Å²) in [5.74, 6) is 0.186. The molecule has 1 aliphatic heterocycles. The number of nitrogens with zero attached hydrogens (tertiary/aromatic N) is 2. The zero-order valence-corrected chi connectivity index (χ0v) is 9.31. The molecule has 1 heterocycles. The standard InChI is InChI=1S/C10H18N2S/c1-9(7-11)8-12-5-3-10(13-2)4-6-12/h9-10H,3-6,8H2,1-2H3. The van der Waals surface area contributed by atoms with Crippen molar-refractivity contribution in [3.63, 3.8) is 0 Å². The maximum absolute atomic E-state index is 8.68. The third-order valence-electron chi connectivity index (χ3n) is 2.62. The number of rotatable bonds is 3. The van der Waals surface area contributed by atoms with E-state index in [4.69, 9.17) is 5.26 Å². The van der Waals surface area contributed by atoms with E-state index in [9.17, 15) is 0 Å². The summed E-state index contributed by atoms with van der Waals surface area (Å²) in [6.07, 6.45) is 4.77. The van der Waals surface area contributed by atoms with Gasteiger partial charge in [0, 0.05) is 11.8 Å². The summed E-state index contributed by atoms with van der Waals surface area (Å²) in [4.78, 5) is 2.42. The molecule has 0 aromatic carbocycles. The van der Waals surface area contributed by atoms with Crippen molar-refractivity contribution < 1.29 is 0 Å². The lowest BCUT2D eigenvalue weighted by Gasteiger charge is -2.31. The normalized spacial score (nSPS) is 22.5. The number of hydrogen-bond acceptors (Lipinski definition) is 3. The van der Waals surface area contributed by atoms with Gasteiger partial charge in [0.15, 0.2) is 0 Å². The predicted molar refractivity (Wildman–Crippen MR) is 57.8 cm³/mol. The Morgan fingerprint density at radius 3 is 2.62 bits per heavy atom. The Balaban J connectivity index is 2.22. The molecule has 0 aliphatic carbocycles. The molecule has 0 saturated carbocycles. The second kappa shape index (κ2) is 5.51. The second-order valence-electron chi connectivity index (χ2n) is 3.77. The molecule has 0 aromatic rings. The average Bonchev–Trinajstić information content (AvgIpc) is 2.19. The van der Waals surface area contributed by atoms with E-state index in [0.29, 0.717) is 0 Å². The van der Waals surface area contributed by atoms with Crippen LogP contribution in [0.3, 0.4) is 0 Å². The largest absolute Gasteiger partial charge is 0.302 e. The van der Waals surface area contributed by atoms with Crippen LogP contribution in [0.5, 0.6) is 0 Å². The van der Waals surface area contributed by atoms with Crippen LogP contribution in [0.4, 0.5) is 0 Å². The molecule has 1 atom stereocenters. The van der Waals surface area contributed by atoms with Crippen LogP contribution in [-0.2, 0) is 0 Å². The monoisotopic (exact) mass is 198 g/mol. The molecule has 1 rings (SSSR count). The molecule has 0 aromatic heterocycles. The second-order valence-corrected chi connectivity index (χ2v) is 4.90. The van der Waals surface area contributed by atoms with Gasteiger partial charge in [-0.25, -0.2) is 0 Å². The Kier molecular flexibility index (Phi) is 4.61. The fraction of sp³-hybridized carbons (Fsp3) is 0.900. The van der Waals surface area contributed by atoms with E-state index in [-0.39, 0.29) is 5.92 Å². The quantitative estimate of drug-likeness (QED) is 0.694. The lowest BCUT2D eigenvalue weighted by Crippen LogP contribution is -2.37. The highest BCUT2D eigenvalue weighted by molar-refractivity contribution is 7.99. The number of likely N-dealkylation sites (tertiary alicyclic amines) is 1. The lowest BCUT2D eigenvalue weighted by atomic mass is 10.1. The maximum atomic E-state index is 8.68.